The van der Waals surface area contributed by atoms with E-state index in [0.717, 1.165) is 19.3 Å². The van der Waals surface area contributed by atoms with Crippen LogP contribution in [0, 0.1) is 6.58 Å². The van der Waals surface area contributed by atoms with Crippen LogP contribution in [0.15, 0.2) is 18.2 Å². The van der Waals surface area contributed by atoms with Crippen LogP contribution in [-0.4, -0.2) is 35.5 Å². The first kappa shape index (κ1) is 28.6. The quantitative estimate of drug-likeness (QED) is 0.138. The van der Waals surface area contributed by atoms with Crippen LogP contribution in [0.1, 0.15) is 51.9 Å². The Labute approximate surface area is 166 Å². The summed E-state index contributed by atoms with van der Waals surface area (Å²) in [5, 5.41) is 0. The zero-order chi connectivity index (χ0) is 24.1. The van der Waals surface area contributed by atoms with E-state index < -0.39 is 47.7 Å². The molecule has 0 saturated carbocycles. The molecule has 0 aliphatic carbocycles. The Balaban J connectivity index is 5.54. The number of allylic oxidation sites excluding steroid dienone is 3. The highest BCUT2D eigenvalue weighted by molar-refractivity contribution is 5.17. The number of hydrogen-bond acceptors (Lipinski definition) is 0. The lowest BCUT2D eigenvalue weighted by Crippen LogP contribution is -2.70. The summed E-state index contributed by atoms with van der Waals surface area (Å²) in [6, 6.07) is 0. The Morgan fingerprint density at radius 1 is 0.567 bits per heavy atom. The molecule has 0 amide bonds. The van der Waals surface area contributed by atoms with Crippen LogP contribution in [-0.2, 0) is 0 Å². The average molecular weight is 465 g/mol. The summed E-state index contributed by atoms with van der Waals surface area (Å²) in [4.78, 5) is 0. The van der Waals surface area contributed by atoms with Gasteiger partial charge in [-0.3, -0.25) is 0 Å². The molecule has 30 heavy (non-hydrogen) atoms. The number of alkyl halides is 12. The van der Waals surface area contributed by atoms with Gasteiger partial charge in [0.25, 0.3) is 0 Å². The molecule has 0 N–H and O–H groups in total. The number of hydrogen-bond donors (Lipinski definition) is 0. The summed E-state index contributed by atoms with van der Waals surface area (Å²) in [7, 11) is 0. The Morgan fingerprint density at radius 2 is 0.967 bits per heavy atom. The van der Waals surface area contributed by atoms with E-state index in [0.29, 0.717) is 18.9 Å². The molecule has 0 heterocycles. The van der Waals surface area contributed by atoms with E-state index in [-0.39, 0.29) is 12.8 Å². The molecule has 0 spiro atoms. The van der Waals surface area contributed by atoms with Crippen molar-refractivity contribution in [1.29, 1.82) is 0 Å². The highest BCUT2D eigenvalue weighted by atomic mass is 19.4. The third-order valence-electron chi connectivity index (χ3n) is 4.28. The van der Waals surface area contributed by atoms with Crippen LogP contribution in [0.3, 0.4) is 0 Å². The molecule has 0 bridgehead atoms. The summed E-state index contributed by atoms with van der Waals surface area (Å²) in [6.07, 6.45) is 1.72. The van der Waals surface area contributed by atoms with Crippen LogP contribution in [0.2, 0.25) is 0 Å². The van der Waals surface area contributed by atoms with E-state index in [9.17, 15) is 52.7 Å². The molecule has 0 aromatic carbocycles. The van der Waals surface area contributed by atoms with E-state index in [1.54, 1.807) is 0 Å². The van der Waals surface area contributed by atoms with E-state index >= 15 is 0 Å². The maximum absolute atomic E-state index is 13.6. The van der Waals surface area contributed by atoms with Crippen LogP contribution >= 0.6 is 0 Å². The Bertz CT molecular complexity index is 578. The van der Waals surface area contributed by atoms with Gasteiger partial charge in [0.2, 0.25) is 0 Å². The van der Waals surface area contributed by atoms with Gasteiger partial charge in [-0.25, -0.2) is 0 Å². The molecule has 0 rings (SSSR count). The van der Waals surface area contributed by atoms with Crippen molar-refractivity contribution in [2.24, 2.45) is 0 Å². The SMILES string of the molecule is [CH]=CC(F)(F)C(F)(F)C(F)(F)C(F)(F)C(F)(F)C(F)(F)C=CCCCCCCCC. The van der Waals surface area contributed by atoms with Crippen LogP contribution in [0.4, 0.5) is 52.7 Å². The molecule has 12 heteroatoms. The fourth-order valence-corrected chi connectivity index (χ4v) is 2.30. The third-order valence-corrected chi connectivity index (χ3v) is 4.28. The van der Waals surface area contributed by atoms with E-state index in [4.69, 9.17) is 0 Å². The molecule has 0 aromatic rings. The van der Waals surface area contributed by atoms with Crippen LogP contribution in [0.5, 0.6) is 0 Å². The fraction of sp³-hybridized carbons (Fsp3) is 0.778. The molecular weight excluding hydrogens is 444 g/mol. The van der Waals surface area contributed by atoms with Crippen LogP contribution in [0.25, 0.3) is 0 Å². The van der Waals surface area contributed by atoms with E-state index in [1.165, 1.54) is 0 Å². The molecule has 0 nitrogen and oxygen atoms in total. The zero-order valence-corrected chi connectivity index (χ0v) is 15.8. The van der Waals surface area contributed by atoms with Gasteiger partial charge in [-0.1, -0.05) is 51.7 Å². The average Bonchev–Trinajstić information content (AvgIpc) is 2.62. The summed E-state index contributed by atoms with van der Waals surface area (Å²) >= 11 is 0. The normalized spacial score (nSPS) is 15.1. The highest BCUT2D eigenvalue weighted by Crippen LogP contribution is 2.60. The molecule has 0 saturated heterocycles. The molecule has 0 aliphatic heterocycles. The highest BCUT2D eigenvalue weighted by Gasteiger charge is 2.89. The largest absolute Gasteiger partial charge is 0.385 e. The molecule has 0 fully saturated rings. The van der Waals surface area contributed by atoms with Gasteiger partial charge in [-0.2, -0.15) is 52.7 Å². The third kappa shape index (κ3) is 5.27. The molecule has 177 valence electrons. The minimum atomic E-state index is -7.58. The first-order valence-electron chi connectivity index (χ1n) is 8.88. The minimum Gasteiger partial charge on any atom is -0.195 e. The second kappa shape index (κ2) is 9.84. The monoisotopic (exact) mass is 465 g/mol. The molecule has 0 atom stereocenters. The Morgan fingerprint density at radius 3 is 1.40 bits per heavy atom. The number of unbranched alkanes of at least 4 members (excludes halogenated alkanes) is 6. The van der Waals surface area contributed by atoms with Crippen molar-refractivity contribution in [2.45, 2.75) is 87.4 Å². The lowest BCUT2D eigenvalue weighted by atomic mass is 9.91. The summed E-state index contributed by atoms with van der Waals surface area (Å²) < 4.78 is 160. The van der Waals surface area contributed by atoms with Crippen molar-refractivity contribution in [3.05, 3.63) is 24.8 Å². The van der Waals surface area contributed by atoms with Crippen LogP contribution < -0.4 is 0 Å². The predicted octanol–water partition coefficient (Wildman–Crippen LogP) is 8.09. The topological polar surface area (TPSA) is 0 Å². The molecule has 0 aromatic heterocycles. The molecular formula is C18H21F12. The van der Waals surface area contributed by atoms with E-state index in [1.807, 2.05) is 6.92 Å². The number of rotatable bonds is 14. The van der Waals surface area contributed by atoms with Crippen molar-refractivity contribution in [2.75, 3.05) is 0 Å². The van der Waals surface area contributed by atoms with Gasteiger partial charge in [0.15, 0.2) is 0 Å². The molecule has 1 radical (unpaired) electrons. The standard InChI is InChI=1S/C18H21F12/c1-3-5-6-7-8-9-10-11-12-14(21,22)16(25,26)18(29,30)17(27,28)15(23,24)13(19,20)4-2/h2,4,11-12H,3,5-10H2,1H3. The van der Waals surface area contributed by atoms with Crippen molar-refractivity contribution in [3.8, 4) is 0 Å². The Hall–Kier alpha value is -1.36. The lowest BCUT2D eigenvalue weighted by Gasteiger charge is -2.40. The van der Waals surface area contributed by atoms with E-state index in [2.05, 4.69) is 6.58 Å². The molecule has 0 aliphatic rings. The Kier molecular flexibility index (Phi) is 9.40. The van der Waals surface area contributed by atoms with Gasteiger partial charge in [0.1, 0.15) is 0 Å². The number of halogens is 12. The maximum Gasteiger partial charge on any atom is 0.385 e. The van der Waals surface area contributed by atoms with Crippen molar-refractivity contribution in [3.63, 3.8) is 0 Å². The first-order valence-corrected chi connectivity index (χ1v) is 8.88. The van der Waals surface area contributed by atoms with Gasteiger partial charge in [0.05, 0.1) is 0 Å². The van der Waals surface area contributed by atoms with Gasteiger partial charge in [-0.15, -0.1) is 0 Å². The summed E-state index contributed by atoms with van der Waals surface area (Å²) in [5.41, 5.74) is 0. The first-order chi connectivity index (χ1) is 13.4. The van der Waals surface area contributed by atoms with Crippen molar-refractivity contribution in [1.82, 2.24) is 0 Å². The smallest absolute Gasteiger partial charge is 0.195 e. The fourth-order valence-electron chi connectivity index (χ4n) is 2.30. The zero-order valence-electron chi connectivity index (χ0n) is 15.8. The minimum absolute atomic E-state index is 0.186. The second-order valence-corrected chi connectivity index (χ2v) is 6.67. The van der Waals surface area contributed by atoms with Gasteiger partial charge >= 0.3 is 35.5 Å². The van der Waals surface area contributed by atoms with Gasteiger partial charge in [-0.05, 0) is 25.0 Å². The summed E-state index contributed by atoms with van der Waals surface area (Å²) in [5.74, 6) is -41.7. The van der Waals surface area contributed by atoms with Crippen molar-refractivity contribution >= 4 is 0 Å². The summed E-state index contributed by atoms with van der Waals surface area (Å²) in [6.45, 7) is 5.91. The lowest BCUT2D eigenvalue weighted by molar-refractivity contribution is -0.415. The van der Waals surface area contributed by atoms with Crippen molar-refractivity contribution < 1.29 is 52.7 Å². The maximum atomic E-state index is 13.6. The van der Waals surface area contributed by atoms with Gasteiger partial charge < -0.3 is 0 Å². The second-order valence-electron chi connectivity index (χ2n) is 6.67. The molecule has 0 unspecified atom stereocenters. The van der Waals surface area contributed by atoms with Gasteiger partial charge in [0, 0.05) is 0 Å². The predicted molar refractivity (Wildman–Crippen MR) is 85.7 cm³/mol.